The summed E-state index contributed by atoms with van der Waals surface area (Å²) in [6.45, 7) is 3.69. The summed E-state index contributed by atoms with van der Waals surface area (Å²) >= 11 is 0. The van der Waals surface area contributed by atoms with Gasteiger partial charge >= 0.3 is 5.97 Å². The molecule has 4 rings (SSSR count). The van der Waals surface area contributed by atoms with E-state index in [4.69, 9.17) is 9.47 Å². The van der Waals surface area contributed by atoms with Gasteiger partial charge in [-0.15, -0.1) is 0 Å². The highest BCUT2D eigenvalue weighted by atomic mass is 16.5. The lowest BCUT2D eigenvalue weighted by atomic mass is 9.80. The van der Waals surface area contributed by atoms with Crippen molar-refractivity contribution < 1.29 is 23.9 Å². The zero-order valence-electron chi connectivity index (χ0n) is 18.0. The number of methoxy groups -OCH3 is 2. The first-order chi connectivity index (χ1) is 14.8. The summed E-state index contributed by atoms with van der Waals surface area (Å²) in [6, 6.07) is 15.1. The minimum atomic E-state index is -1.27. The fourth-order valence-corrected chi connectivity index (χ4v) is 4.86. The number of esters is 1. The van der Waals surface area contributed by atoms with Gasteiger partial charge in [0.1, 0.15) is 11.3 Å². The number of hydrogen-bond acceptors (Lipinski definition) is 6. The lowest BCUT2D eigenvalue weighted by molar-refractivity contribution is -0.153. The van der Waals surface area contributed by atoms with E-state index in [-0.39, 0.29) is 18.4 Å². The third-order valence-corrected chi connectivity index (χ3v) is 6.50. The Kier molecular flexibility index (Phi) is 5.31. The molecule has 7 heteroatoms. The summed E-state index contributed by atoms with van der Waals surface area (Å²) in [7, 11) is 2.92. The zero-order valence-corrected chi connectivity index (χ0v) is 18.0. The molecule has 2 heterocycles. The van der Waals surface area contributed by atoms with Crippen LogP contribution in [0.4, 0.5) is 0 Å². The van der Waals surface area contributed by atoms with Crippen molar-refractivity contribution >= 4 is 17.8 Å². The van der Waals surface area contributed by atoms with E-state index < -0.39 is 29.4 Å². The van der Waals surface area contributed by atoms with E-state index in [1.54, 1.807) is 21.0 Å². The Morgan fingerprint density at radius 1 is 1.00 bits per heavy atom. The van der Waals surface area contributed by atoms with Gasteiger partial charge in [-0.3, -0.25) is 24.6 Å². The summed E-state index contributed by atoms with van der Waals surface area (Å²) in [4.78, 5) is 39.9. The van der Waals surface area contributed by atoms with Crippen molar-refractivity contribution in [2.75, 3.05) is 20.8 Å². The largest absolute Gasteiger partial charge is 0.497 e. The van der Waals surface area contributed by atoms with Crippen LogP contribution in [-0.4, -0.2) is 49.0 Å². The van der Waals surface area contributed by atoms with Crippen molar-refractivity contribution in [3.8, 4) is 16.9 Å². The second-order valence-electron chi connectivity index (χ2n) is 8.09. The van der Waals surface area contributed by atoms with Crippen LogP contribution in [-0.2, 0) is 19.1 Å². The number of ether oxygens (including phenoxy) is 2. The topological polar surface area (TPSA) is 84.9 Å². The third-order valence-electron chi connectivity index (χ3n) is 6.50. The molecule has 0 radical (unpaired) electrons. The number of likely N-dealkylation sites (tertiary alicyclic amines) is 1. The van der Waals surface area contributed by atoms with E-state index >= 15 is 0 Å². The van der Waals surface area contributed by atoms with E-state index in [2.05, 4.69) is 5.32 Å². The Labute approximate surface area is 181 Å². The molecule has 7 nitrogen and oxygen atoms in total. The number of imide groups is 1. The molecule has 4 atom stereocenters. The summed E-state index contributed by atoms with van der Waals surface area (Å²) in [5, 5.41) is 3.26. The molecule has 2 aliphatic heterocycles. The van der Waals surface area contributed by atoms with Gasteiger partial charge in [-0.05, 0) is 42.7 Å². The first-order valence-corrected chi connectivity index (χ1v) is 10.3. The quantitative estimate of drug-likeness (QED) is 0.589. The standard InChI is InChI=1S/C24H26N2O5/c1-5-26-21(27)18-19(22(26)28)24(2,23(29)31-4)25-20(18)16-8-6-14(7-9-16)15-10-12-17(30-3)13-11-15/h6-13,18-20,25H,5H2,1-4H3/t18-,19-,20-,24-/m1/s1. The average Bonchev–Trinajstić information content (AvgIpc) is 3.26. The molecule has 0 aromatic heterocycles. The molecule has 2 amide bonds. The Balaban J connectivity index is 1.69. The summed E-state index contributed by atoms with van der Waals surface area (Å²) in [6.07, 6.45) is 0. The number of carbonyl (C=O) groups excluding carboxylic acids is 3. The first-order valence-electron chi connectivity index (χ1n) is 10.3. The first kappa shape index (κ1) is 21.1. The highest BCUT2D eigenvalue weighted by Crippen LogP contribution is 2.49. The molecule has 2 aromatic rings. The van der Waals surface area contributed by atoms with Gasteiger partial charge in [0.15, 0.2) is 0 Å². The van der Waals surface area contributed by atoms with E-state index in [1.165, 1.54) is 12.0 Å². The predicted molar refractivity (Wildman–Crippen MR) is 114 cm³/mol. The van der Waals surface area contributed by atoms with Crippen LogP contribution in [0.5, 0.6) is 5.75 Å². The molecule has 0 unspecified atom stereocenters. The van der Waals surface area contributed by atoms with Crippen LogP contribution in [0.1, 0.15) is 25.5 Å². The van der Waals surface area contributed by atoms with E-state index in [0.717, 1.165) is 22.4 Å². The monoisotopic (exact) mass is 422 g/mol. The van der Waals surface area contributed by atoms with Gasteiger partial charge in [0.25, 0.3) is 0 Å². The highest BCUT2D eigenvalue weighted by molar-refractivity contribution is 6.09. The highest BCUT2D eigenvalue weighted by Gasteiger charge is 2.66. The lowest BCUT2D eigenvalue weighted by Crippen LogP contribution is -2.53. The van der Waals surface area contributed by atoms with Crippen LogP contribution in [0, 0.1) is 11.8 Å². The van der Waals surface area contributed by atoms with Crippen LogP contribution in [0.15, 0.2) is 48.5 Å². The van der Waals surface area contributed by atoms with Gasteiger partial charge in [0.2, 0.25) is 11.8 Å². The second kappa shape index (κ2) is 7.81. The molecule has 0 saturated carbocycles. The fraction of sp³-hybridized carbons (Fsp3) is 0.375. The lowest BCUT2D eigenvalue weighted by Gasteiger charge is -2.28. The minimum absolute atomic E-state index is 0.248. The minimum Gasteiger partial charge on any atom is -0.497 e. The third kappa shape index (κ3) is 3.20. The Morgan fingerprint density at radius 3 is 2.10 bits per heavy atom. The molecular formula is C24H26N2O5. The molecule has 2 aromatic carbocycles. The van der Waals surface area contributed by atoms with Crippen LogP contribution >= 0.6 is 0 Å². The summed E-state index contributed by atoms with van der Waals surface area (Å²) in [5.74, 6) is -1.77. The van der Waals surface area contributed by atoms with Gasteiger partial charge in [0, 0.05) is 12.6 Å². The second-order valence-corrected chi connectivity index (χ2v) is 8.09. The Morgan fingerprint density at radius 2 is 1.58 bits per heavy atom. The summed E-state index contributed by atoms with van der Waals surface area (Å²) < 4.78 is 10.2. The number of carbonyl (C=O) groups is 3. The van der Waals surface area contributed by atoms with Crippen LogP contribution in [0.2, 0.25) is 0 Å². The van der Waals surface area contributed by atoms with Crippen molar-refractivity contribution in [2.45, 2.75) is 25.4 Å². The number of fused-ring (bicyclic) bond motifs is 1. The van der Waals surface area contributed by atoms with Gasteiger partial charge in [-0.25, -0.2) is 0 Å². The SMILES string of the molecule is CCN1C(=O)[C@H]2[C@@H](c3ccc(-c4ccc(OC)cc4)cc3)N[C@@](C)(C(=O)OC)[C@H]2C1=O. The van der Waals surface area contributed by atoms with Crippen LogP contribution < -0.4 is 10.1 Å². The number of rotatable bonds is 5. The number of nitrogens with one attached hydrogen (secondary N) is 1. The van der Waals surface area contributed by atoms with Crippen molar-refractivity contribution in [2.24, 2.45) is 11.8 Å². The molecule has 2 saturated heterocycles. The normalized spacial score (nSPS) is 27.4. The molecule has 1 N–H and O–H groups in total. The molecule has 2 fully saturated rings. The van der Waals surface area contributed by atoms with Crippen molar-refractivity contribution in [1.29, 1.82) is 0 Å². The Hall–Kier alpha value is -3.19. The zero-order chi connectivity index (χ0) is 22.3. The number of amides is 2. The predicted octanol–water partition coefficient (Wildman–Crippen LogP) is 2.56. The van der Waals surface area contributed by atoms with E-state index in [9.17, 15) is 14.4 Å². The maximum absolute atomic E-state index is 13.1. The number of nitrogens with zero attached hydrogens (tertiary/aromatic N) is 1. The smallest absolute Gasteiger partial charge is 0.326 e. The van der Waals surface area contributed by atoms with E-state index in [1.807, 2.05) is 48.5 Å². The van der Waals surface area contributed by atoms with Gasteiger partial charge in [-0.1, -0.05) is 36.4 Å². The molecular weight excluding hydrogens is 396 g/mol. The molecule has 0 aliphatic carbocycles. The Bertz CT molecular complexity index is 1020. The van der Waals surface area contributed by atoms with Crippen LogP contribution in [0.25, 0.3) is 11.1 Å². The summed E-state index contributed by atoms with van der Waals surface area (Å²) in [5.41, 5.74) is 1.63. The number of benzene rings is 2. The van der Waals surface area contributed by atoms with Crippen molar-refractivity contribution in [3.05, 3.63) is 54.1 Å². The molecule has 2 aliphatic rings. The molecule has 0 spiro atoms. The van der Waals surface area contributed by atoms with Gasteiger partial charge in [0.05, 0.1) is 26.1 Å². The molecule has 31 heavy (non-hydrogen) atoms. The molecule has 0 bridgehead atoms. The maximum Gasteiger partial charge on any atom is 0.326 e. The van der Waals surface area contributed by atoms with E-state index in [0.29, 0.717) is 0 Å². The fourth-order valence-electron chi connectivity index (χ4n) is 4.86. The van der Waals surface area contributed by atoms with Crippen LogP contribution in [0.3, 0.4) is 0 Å². The average molecular weight is 422 g/mol. The number of hydrogen-bond donors (Lipinski definition) is 1. The van der Waals surface area contributed by atoms with Gasteiger partial charge < -0.3 is 9.47 Å². The van der Waals surface area contributed by atoms with Gasteiger partial charge in [-0.2, -0.15) is 0 Å². The molecule has 162 valence electrons. The van der Waals surface area contributed by atoms with Crippen molar-refractivity contribution in [3.63, 3.8) is 0 Å². The van der Waals surface area contributed by atoms with Crippen molar-refractivity contribution in [1.82, 2.24) is 10.2 Å². The maximum atomic E-state index is 13.1.